The Bertz CT molecular complexity index is 1060. The van der Waals surface area contributed by atoms with E-state index >= 15 is 0 Å². The lowest BCUT2D eigenvalue weighted by molar-refractivity contribution is 0.630. The number of hydrogen-bond acceptors (Lipinski definition) is 4. The molecule has 5 nitrogen and oxygen atoms in total. The van der Waals surface area contributed by atoms with Crippen LogP contribution in [0.25, 0.3) is 22.4 Å². The van der Waals surface area contributed by atoms with Crippen molar-refractivity contribution in [1.29, 1.82) is 0 Å². The van der Waals surface area contributed by atoms with Gasteiger partial charge in [-0.1, -0.05) is 17.7 Å². The van der Waals surface area contributed by atoms with Crippen molar-refractivity contribution in [3.05, 3.63) is 65.2 Å². The predicted octanol–water partition coefficient (Wildman–Crippen LogP) is 4.86. The van der Waals surface area contributed by atoms with Crippen LogP contribution in [0.15, 0.2) is 48.8 Å². The summed E-state index contributed by atoms with van der Waals surface area (Å²) in [6, 6.07) is 10.1. The molecule has 4 aromatic rings. The fourth-order valence-electron chi connectivity index (χ4n) is 2.60. The zero-order valence-corrected chi connectivity index (χ0v) is 14.0. The van der Waals surface area contributed by atoms with Crippen LogP contribution in [0.5, 0.6) is 0 Å². The van der Waals surface area contributed by atoms with E-state index in [-0.39, 0.29) is 5.56 Å². The molecule has 0 spiro atoms. The second-order valence-electron chi connectivity index (χ2n) is 5.58. The van der Waals surface area contributed by atoms with Gasteiger partial charge in [-0.05, 0) is 42.8 Å². The molecule has 0 fully saturated rings. The molecule has 0 amide bonds. The van der Waals surface area contributed by atoms with Crippen molar-refractivity contribution in [2.45, 2.75) is 6.92 Å². The highest BCUT2D eigenvalue weighted by Gasteiger charge is 2.16. The van der Waals surface area contributed by atoms with Crippen LogP contribution < -0.4 is 5.32 Å². The van der Waals surface area contributed by atoms with Gasteiger partial charge in [-0.2, -0.15) is 0 Å². The molecule has 124 valence electrons. The summed E-state index contributed by atoms with van der Waals surface area (Å²) in [7, 11) is 0. The zero-order valence-electron chi connectivity index (χ0n) is 13.2. The van der Waals surface area contributed by atoms with Gasteiger partial charge in [0.1, 0.15) is 23.0 Å². The van der Waals surface area contributed by atoms with Crippen LogP contribution in [0.1, 0.15) is 5.56 Å². The highest BCUT2D eigenvalue weighted by Crippen LogP contribution is 2.31. The van der Waals surface area contributed by atoms with Gasteiger partial charge in [0.15, 0.2) is 5.82 Å². The van der Waals surface area contributed by atoms with E-state index in [9.17, 15) is 4.39 Å². The third-order valence-electron chi connectivity index (χ3n) is 3.77. The lowest BCUT2D eigenvalue weighted by Crippen LogP contribution is -1.97. The number of fused-ring (bicyclic) bond motifs is 1. The second-order valence-corrected chi connectivity index (χ2v) is 5.99. The SMILES string of the molecule is Cc1ccnc(Nc2nccc3nc(-c4c(F)cccc4Cl)[nH]c23)c1. The molecule has 2 N–H and O–H groups in total. The molecule has 0 atom stereocenters. The van der Waals surface area contributed by atoms with E-state index in [0.29, 0.717) is 33.5 Å². The Hall–Kier alpha value is -2.99. The van der Waals surface area contributed by atoms with Gasteiger partial charge in [-0.15, -0.1) is 0 Å². The second kappa shape index (κ2) is 6.14. The number of nitrogens with zero attached hydrogens (tertiary/aromatic N) is 3. The van der Waals surface area contributed by atoms with Crippen molar-refractivity contribution in [3.8, 4) is 11.4 Å². The van der Waals surface area contributed by atoms with Crippen molar-refractivity contribution in [3.63, 3.8) is 0 Å². The fourth-order valence-corrected chi connectivity index (χ4v) is 2.85. The summed E-state index contributed by atoms with van der Waals surface area (Å²) < 4.78 is 14.2. The number of anilines is 2. The Labute approximate surface area is 147 Å². The maximum Gasteiger partial charge on any atom is 0.157 e. The van der Waals surface area contributed by atoms with Gasteiger partial charge in [-0.3, -0.25) is 0 Å². The topological polar surface area (TPSA) is 66.5 Å². The van der Waals surface area contributed by atoms with Crippen LogP contribution in [0, 0.1) is 12.7 Å². The van der Waals surface area contributed by atoms with E-state index in [2.05, 4.69) is 25.3 Å². The standard InChI is InChI=1S/C18H13ClFN5/c1-10-5-7-21-14(9-10)24-18-16-13(6-8-22-18)23-17(25-16)15-11(19)3-2-4-12(15)20/h2-9H,1H3,(H,23,25)(H,21,22,24). The van der Waals surface area contributed by atoms with Gasteiger partial charge in [-0.25, -0.2) is 19.3 Å². The lowest BCUT2D eigenvalue weighted by atomic mass is 10.2. The normalized spacial score (nSPS) is 11.0. The van der Waals surface area contributed by atoms with E-state index in [1.807, 2.05) is 19.1 Å². The molecule has 0 radical (unpaired) electrons. The molecule has 0 saturated carbocycles. The monoisotopic (exact) mass is 353 g/mol. The minimum atomic E-state index is -0.436. The van der Waals surface area contributed by atoms with Crippen molar-refractivity contribution in [2.75, 3.05) is 5.32 Å². The number of aromatic nitrogens is 4. The molecule has 3 heterocycles. The summed E-state index contributed by atoms with van der Waals surface area (Å²) in [5.41, 5.74) is 2.62. The number of imidazole rings is 1. The number of rotatable bonds is 3. The highest BCUT2D eigenvalue weighted by atomic mass is 35.5. The molecule has 0 aliphatic carbocycles. The minimum Gasteiger partial charge on any atom is -0.335 e. The smallest absolute Gasteiger partial charge is 0.157 e. The first-order valence-electron chi connectivity index (χ1n) is 7.60. The van der Waals surface area contributed by atoms with Crippen molar-refractivity contribution >= 4 is 34.3 Å². The average molecular weight is 354 g/mol. The zero-order chi connectivity index (χ0) is 17.4. The molecule has 0 aliphatic heterocycles. The van der Waals surface area contributed by atoms with E-state index in [1.165, 1.54) is 6.07 Å². The van der Waals surface area contributed by atoms with Gasteiger partial charge in [0, 0.05) is 12.4 Å². The molecule has 4 rings (SSSR count). The van der Waals surface area contributed by atoms with Crippen LogP contribution >= 0.6 is 11.6 Å². The van der Waals surface area contributed by atoms with Crippen molar-refractivity contribution in [1.82, 2.24) is 19.9 Å². The molecule has 1 aromatic carbocycles. The third-order valence-corrected chi connectivity index (χ3v) is 4.08. The Kier molecular flexibility index (Phi) is 3.82. The molecular formula is C18H13ClFN5. The Morgan fingerprint density at radius 1 is 1.12 bits per heavy atom. The lowest BCUT2D eigenvalue weighted by Gasteiger charge is -2.05. The van der Waals surface area contributed by atoms with Gasteiger partial charge < -0.3 is 10.3 Å². The fraction of sp³-hybridized carbons (Fsp3) is 0.0556. The predicted molar refractivity (Wildman–Crippen MR) is 96.5 cm³/mol. The summed E-state index contributed by atoms with van der Waals surface area (Å²) in [6.45, 7) is 1.98. The number of pyridine rings is 2. The van der Waals surface area contributed by atoms with Gasteiger partial charge in [0.2, 0.25) is 0 Å². The molecule has 7 heteroatoms. The first-order chi connectivity index (χ1) is 12.1. The minimum absolute atomic E-state index is 0.236. The average Bonchev–Trinajstić information content (AvgIpc) is 2.99. The molecule has 0 unspecified atom stereocenters. The van der Waals surface area contributed by atoms with Crippen LogP contribution in [0.2, 0.25) is 5.02 Å². The Balaban J connectivity index is 1.82. The van der Waals surface area contributed by atoms with Crippen LogP contribution in [0.3, 0.4) is 0 Å². The number of nitrogens with one attached hydrogen (secondary N) is 2. The molecule has 3 aromatic heterocycles. The van der Waals surface area contributed by atoms with Gasteiger partial charge in [0.25, 0.3) is 0 Å². The summed E-state index contributed by atoms with van der Waals surface area (Å²) in [5.74, 6) is 1.14. The van der Waals surface area contributed by atoms with Gasteiger partial charge >= 0.3 is 0 Å². The highest BCUT2D eigenvalue weighted by molar-refractivity contribution is 6.33. The molecule has 0 bridgehead atoms. The first kappa shape index (κ1) is 15.5. The van der Waals surface area contributed by atoms with Crippen LogP contribution in [0.4, 0.5) is 16.0 Å². The number of halogens is 2. The van der Waals surface area contributed by atoms with Crippen molar-refractivity contribution < 1.29 is 4.39 Å². The molecule has 0 aliphatic rings. The Morgan fingerprint density at radius 2 is 1.96 bits per heavy atom. The number of H-pyrrole nitrogens is 1. The number of aryl methyl sites for hydroxylation is 1. The summed E-state index contributed by atoms with van der Waals surface area (Å²) in [5, 5.41) is 3.45. The molecule has 0 saturated heterocycles. The van der Waals surface area contributed by atoms with Crippen LogP contribution in [-0.4, -0.2) is 19.9 Å². The summed E-state index contributed by atoms with van der Waals surface area (Å²) in [6.07, 6.45) is 3.35. The summed E-state index contributed by atoms with van der Waals surface area (Å²) >= 11 is 6.14. The van der Waals surface area contributed by atoms with E-state index < -0.39 is 5.82 Å². The maximum absolute atomic E-state index is 14.2. The Morgan fingerprint density at radius 3 is 2.76 bits per heavy atom. The number of benzene rings is 1. The van der Waals surface area contributed by atoms with Crippen molar-refractivity contribution in [2.24, 2.45) is 0 Å². The molecular weight excluding hydrogens is 341 g/mol. The number of aromatic amines is 1. The van der Waals surface area contributed by atoms with E-state index in [0.717, 1.165) is 5.56 Å². The quantitative estimate of drug-likeness (QED) is 0.551. The molecule has 25 heavy (non-hydrogen) atoms. The van der Waals surface area contributed by atoms with E-state index in [4.69, 9.17) is 11.6 Å². The van der Waals surface area contributed by atoms with E-state index in [1.54, 1.807) is 30.6 Å². The van der Waals surface area contributed by atoms with Crippen LogP contribution in [-0.2, 0) is 0 Å². The maximum atomic E-state index is 14.2. The van der Waals surface area contributed by atoms with Gasteiger partial charge in [0.05, 0.1) is 16.1 Å². The largest absolute Gasteiger partial charge is 0.335 e. The summed E-state index contributed by atoms with van der Waals surface area (Å²) in [4.78, 5) is 16.2. The first-order valence-corrected chi connectivity index (χ1v) is 7.98. The third kappa shape index (κ3) is 2.92. The number of hydrogen-bond donors (Lipinski definition) is 2.